The minimum Gasteiger partial charge on any atom is -0.187 e. The Bertz CT molecular complexity index is 1340. The first-order chi connectivity index (χ1) is 16.4. The molecule has 1 aromatic heterocycles. The molecule has 0 fully saturated rings. The first-order valence-electron chi connectivity index (χ1n) is 11.3. The van der Waals surface area contributed by atoms with Gasteiger partial charge in [-0.2, -0.15) is 4.57 Å². The van der Waals surface area contributed by atoms with Gasteiger partial charge in [-0.15, -0.1) is 0 Å². The Kier molecular flexibility index (Phi) is 6.22. The van der Waals surface area contributed by atoms with E-state index in [2.05, 4.69) is 150 Å². The van der Waals surface area contributed by atoms with Crippen LogP contribution in [0.1, 0.15) is 16.8 Å². The fourth-order valence-corrected chi connectivity index (χ4v) is 4.11. The molecule has 0 atom stereocenters. The normalized spacial score (nSPS) is 11.0. The Morgan fingerprint density at radius 1 is 0.485 bits per heavy atom. The molecule has 0 saturated carbocycles. The molecule has 33 heavy (non-hydrogen) atoms. The maximum absolute atomic E-state index is 2.41. The van der Waals surface area contributed by atoms with Crippen LogP contribution in [0.2, 0.25) is 0 Å². The van der Waals surface area contributed by atoms with E-state index in [1.165, 1.54) is 39.2 Å². The predicted octanol–water partition coefficient (Wildman–Crippen LogP) is 7.53. The number of hydrogen-bond acceptors (Lipinski definition) is 0. The molecule has 0 aliphatic rings. The monoisotopic (exact) mass is 424 g/mol. The minimum atomic E-state index is 0.800. The van der Waals surface area contributed by atoms with Crippen molar-refractivity contribution < 1.29 is 4.57 Å². The zero-order valence-corrected chi connectivity index (χ0v) is 18.5. The Morgan fingerprint density at radius 2 is 1.03 bits per heavy atom. The van der Waals surface area contributed by atoms with Crippen molar-refractivity contribution in [2.75, 3.05) is 0 Å². The molecule has 1 heteroatoms. The summed E-state index contributed by atoms with van der Waals surface area (Å²) in [5, 5.41) is 0. The second-order valence-corrected chi connectivity index (χ2v) is 8.10. The molecule has 4 aromatic carbocycles. The molecule has 5 aromatic rings. The van der Waals surface area contributed by atoms with Gasteiger partial charge in [-0.1, -0.05) is 109 Å². The molecule has 0 unspecified atom stereocenters. The summed E-state index contributed by atoms with van der Waals surface area (Å²) in [5.41, 5.74) is 8.48. The quantitative estimate of drug-likeness (QED) is 0.248. The molecule has 0 aliphatic heterocycles. The smallest absolute Gasteiger partial charge is 0.187 e. The SMILES string of the molecule is C(=Cc1cc(-c2ccccc2)cc(-c2ccccc2)[n+]1Cc1ccccc1)c1ccccc1. The van der Waals surface area contributed by atoms with Gasteiger partial charge in [-0.05, 0) is 34.9 Å². The third kappa shape index (κ3) is 4.99. The number of hydrogen-bond donors (Lipinski definition) is 0. The van der Waals surface area contributed by atoms with Crippen LogP contribution in [0.3, 0.4) is 0 Å². The first kappa shape index (κ1) is 20.7. The molecule has 1 heterocycles. The van der Waals surface area contributed by atoms with E-state index in [1.54, 1.807) is 0 Å². The summed E-state index contributed by atoms with van der Waals surface area (Å²) in [6.07, 6.45) is 4.43. The Balaban J connectivity index is 1.72. The highest BCUT2D eigenvalue weighted by molar-refractivity contribution is 5.74. The van der Waals surface area contributed by atoms with Crippen molar-refractivity contribution in [1.29, 1.82) is 0 Å². The standard InChI is InChI=1S/C32H26N/c1-5-13-26(14-6-1)21-22-31-23-30(28-17-9-3-10-18-28)24-32(29-19-11-4-12-20-29)33(31)25-27-15-7-2-8-16-27/h1-24H,25H2/q+1. The van der Waals surface area contributed by atoms with Crippen LogP contribution in [-0.4, -0.2) is 0 Å². The summed E-state index contributed by atoms with van der Waals surface area (Å²) in [5.74, 6) is 0. The fourth-order valence-electron chi connectivity index (χ4n) is 4.11. The van der Waals surface area contributed by atoms with Gasteiger partial charge in [0.1, 0.15) is 0 Å². The molecule has 0 spiro atoms. The van der Waals surface area contributed by atoms with Gasteiger partial charge >= 0.3 is 0 Å². The van der Waals surface area contributed by atoms with Gasteiger partial charge in [0, 0.05) is 29.3 Å². The Labute approximate surface area is 195 Å². The lowest BCUT2D eigenvalue weighted by molar-refractivity contribution is -0.679. The van der Waals surface area contributed by atoms with Crippen molar-refractivity contribution in [2.24, 2.45) is 0 Å². The zero-order valence-electron chi connectivity index (χ0n) is 18.5. The van der Waals surface area contributed by atoms with Crippen molar-refractivity contribution >= 4 is 12.2 Å². The van der Waals surface area contributed by atoms with E-state index in [4.69, 9.17) is 0 Å². The molecule has 0 aliphatic carbocycles. The van der Waals surface area contributed by atoms with Gasteiger partial charge in [-0.25, -0.2) is 0 Å². The average molecular weight is 425 g/mol. The van der Waals surface area contributed by atoms with E-state index >= 15 is 0 Å². The van der Waals surface area contributed by atoms with Crippen LogP contribution in [0.15, 0.2) is 133 Å². The molecule has 5 rings (SSSR count). The molecule has 0 radical (unpaired) electrons. The van der Waals surface area contributed by atoms with Crippen LogP contribution in [0, 0.1) is 0 Å². The predicted molar refractivity (Wildman–Crippen MR) is 138 cm³/mol. The molecule has 0 bridgehead atoms. The van der Waals surface area contributed by atoms with E-state index in [1.807, 2.05) is 0 Å². The summed E-state index contributed by atoms with van der Waals surface area (Å²) in [7, 11) is 0. The Hall–Kier alpha value is -4.23. The largest absolute Gasteiger partial charge is 0.213 e. The van der Waals surface area contributed by atoms with Crippen LogP contribution in [0.4, 0.5) is 0 Å². The highest BCUT2D eigenvalue weighted by atomic mass is 15.0. The van der Waals surface area contributed by atoms with Crippen LogP contribution < -0.4 is 4.57 Å². The number of rotatable bonds is 6. The second kappa shape index (κ2) is 9.93. The molecule has 158 valence electrons. The van der Waals surface area contributed by atoms with E-state index in [9.17, 15) is 0 Å². The van der Waals surface area contributed by atoms with Crippen molar-refractivity contribution in [2.45, 2.75) is 6.54 Å². The summed E-state index contributed by atoms with van der Waals surface area (Å²) in [6, 6.07) is 47.0. The van der Waals surface area contributed by atoms with E-state index in [0.717, 1.165) is 6.54 Å². The van der Waals surface area contributed by atoms with Crippen molar-refractivity contribution in [1.82, 2.24) is 0 Å². The van der Waals surface area contributed by atoms with E-state index in [-0.39, 0.29) is 0 Å². The van der Waals surface area contributed by atoms with Crippen molar-refractivity contribution in [3.63, 3.8) is 0 Å². The van der Waals surface area contributed by atoms with Gasteiger partial charge in [0.15, 0.2) is 6.54 Å². The summed E-state index contributed by atoms with van der Waals surface area (Å²) < 4.78 is 2.41. The van der Waals surface area contributed by atoms with E-state index < -0.39 is 0 Å². The molecular weight excluding hydrogens is 398 g/mol. The Morgan fingerprint density at radius 3 is 1.67 bits per heavy atom. The molecule has 0 amide bonds. The van der Waals surface area contributed by atoms with Gasteiger partial charge in [0.25, 0.3) is 0 Å². The van der Waals surface area contributed by atoms with Crippen LogP contribution in [0.5, 0.6) is 0 Å². The topological polar surface area (TPSA) is 3.88 Å². The summed E-state index contributed by atoms with van der Waals surface area (Å²) >= 11 is 0. The number of pyridine rings is 1. The molecule has 0 N–H and O–H groups in total. The zero-order chi connectivity index (χ0) is 22.3. The fraction of sp³-hybridized carbons (Fsp3) is 0.0312. The van der Waals surface area contributed by atoms with Crippen LogP contribution in [-0.2, 0) is 6.54 Å². The lowest BCUT2D eigenvalue weighted by atomic mass is 10.0. The van der Waals surface area contributed by atoms with Crippen LogP contribution >= 0.6 is 0 Å². The highest BCUT2D eigenvalue weighted by Crippen LogP contribution is 2.26. The maximum Gasteiger partial charge on any atom is 0.213 e. The van der Waals surface area contributed by atoms with Crippen molar-refractivity contribution in [3.05, 3.63) is 150 Å². The van der Waals surface area contributed by atoms with E-state index in [0.29, 0.717) is 0 Å². The number of benzene rings is 4. The lowest BCUT2D eigenvalue weighted by Gasteiger charge is -2.11. The molecule has 1 nitrogen and oxygen atoms in total. The lowest BCUT2D eigenvalue weighted by Crippen LogP contribution is -2.40. The van der Waals surface area contributed by atoms with Gasteiger partial charge in [0.2, 0.25) is 11.4 Å². The highest BCUT2D eigenvalue weighted by Gasteiger charge is 2.20. The second-order valence-electron chi connectivity index (χ2n) is 8.10. The average Bonchev–Trinajstić information content (AvgIpc) is 2.90. The van der Waals surface area contributed by atoms with Crippen LogP contribution in [0.25, 0.3) is 34.5 Å². The maximum atomic E-state index is 2.41. The third-order valence-electron chi connectivity index (χ3n) is 5.80. The first-order valence-corrected chi connectivity index (χ1v) is 11.3. The third-order valence-corrected chi connectivity index (χ3v) is 5.80. The number of nitrogens with zero attached hydrogens (tertiary/aromatic N) is 1. The molecule has 0 saturated heterocycles. The van der Waals surface area contributed by atoms with Gasteiger partial charge < -0.3 is 0 Å². The molecular formula is C32H26N+. The minimum absolute atomic E-state index is 0.800. The van der Waals surface area contributed by atoms with Gasteiger partial charge in [0.05, 0.1) is 0 Å². The summed E-state index contributed by atoms with van der Waals surface area (Å²) in [4.78, 5) is 0. The van der Waals surface area contributed by atoms with Crippen molar-refractivity contribution in [3.8, 4) is 22.4 Å². The van der Waals surface area contributed by atoms with Gasteiger partial charge in [-0.3, -0.25) is 0 Å². The summed E-state index contributed by atoms with van der Waals surface area (Å²) in [6.45, 7) is 0.800. The number of aromatic nitrogens is 1.